The fraction of sp³-hybridized carbons (Fsp3) is 0.333. The monoisotopic (exact) mass is 563 g/mol. The third-order valence-electron chi connectivity index (χ3n) is 7.81. The highest BCUT2D eigenvalue weighted by Crippen LogP contribution is 2.32. The molecule has 0 radical (unpaired) electrons. The van der Waals surface area contributed by atoms with E-state index in [1.165, 1.54) is 12.8 Å². The van der Waals surface area contributed by atoms with Crippen LogP contribution in [-0.2, 0) is 6.61 Å². The van der Waals surface area contributed by atoms with Crippen LogP contribution in [0.15, 0.2) is 54.7 Å². The van der Waals surface area contributed by atoms with Gasteiger partial charge in [0.1, 0.15) is 12.3 Å². The van der Waals surface area contributed by atoms with Gasteiger partial charge < -0.3 is 25.3 Å². The molecular weight excluding hydrogens is 533 g/mol. The van der Waals surface area contributed by atoms with Crippen molar-refractivity contribution in [2.75, 3.05) is 31.9 Å². The lowest BCUT2D eigenvalue weighted by Gasteiger charge is -2.28. The lowest BCUT2D eigenvalue weighted by Crippen LogP contribution is -2.42. The number of ether oxygens (including phenoxy) is 1. The summed E-state index contributed by atoms with van der Waals surface area (Å²) in [5.41, 5.74) is 10.1. The quantitative estimate of drug-likeness (QED) is 0.271. The maximum Gasteiger partial charge on any atom is 0.270 e. The molecule has 1 atom stereocenters. The SMILES string of the molecule is Nc1ncc(-c2ccc3[nH]c(C(=O)N4CCCC4CN4CCCC4)cc3c2)cc1OCc1c(Cl)cccc1Cl. The number of halogens is 2. The maximum absolute atomic E-state index is 13.5. The molecule has 39 heavy (non-hydrogen) atoms. The number of H-pyrrole nitrogens is 1. The number of pyridine rings is 1. The smallest absolute Gasteiger partial charge is 0.270 e. The standard InChI is InChI=1S/C30H31Cl2N5O2/c31-24-6-3-7-25(32)23(24)18-39-28-15-21(16-34-29(28)33)19-8-9-26-20(13-19)14-27(35-26)30(38)37-12-4-5-22(37)17-36-10-1-2-11-36/h3,6-9,13-16,22,35H,1-2,4-5,10-12,17-18H2,(H2,33,34). The Morgan fingerprint density at radius 2 is 1.82 bits per heavy atom. The van der Waals surface area contributed by atoms with E-state index in [0.717, 1.165) is 61.1 Å². The molecule has 2 aromatic heterocycles. The van der Waals surface area contributed by atoms with Crippen molar-refractivity contribution in [3.8, 4) is 16.9 Å². The Balaban J connectivity index is 1.21. The minimum atomic E-state index is 0.0810. The Hall–Kier alpha value is -3.26. The third kappa shape index (κ3) is 5.44. The average molecular weight is 565 g/mol. The van der Waals surface area contributed by atoms with Gasteiger partial charge in [0.05, 0.1) is 0 Å². The highest BCUT2D eigenvalue weighted by Gasteiger charge is 2.32. The minimum Gasteiger partial charge on any atom is -0.485 e. The van der Waals surface area contributed by atoms with Crippen LogP contribution in [0.4, 0.5) is 5.82 Å². The molecule has 202 valence electrons. The van der Waals surface area contributed by atoms with Crippen molar-refractivity contribution < 1.29 is 9.53 Å². The van der Waals surface area contributed by atoms with Gasteiger partial charge in [0.15, 0.2) is 11.6 Å². The number of nitrogen functional groups attached to an aromatic ring is 1. The first-order chi connectivity index (χ1) is 19.0. The summed E-state index contributed by atoms with van der Waals surface area (Å²) in [4.78, 5) is 25.7. The van der Waals surface area contributed by atoms with Gasteiger partial charge in [-0.2, -0.15) is 0 Å². The summed E-state index contributed by atoms with van der Waals surface area (Å²) in [5.74, 6) is 0.816. The summed E-state index contributed by atoms with van der Waals surface area (Å²) < 4.78 is 5.97. The number of aromatic amines is 1. The van der Waals surface area contributed by atoms with E-state index in [2.05, 4.69) is 25.8 Å². The maximum atomic E-state index is 13.5. The number of anilines is 1. The number of fused-ring (bicyclic) bond motifs is 1. The van der Waals surface area contributed by atoms with E-state index in [1.54, 1.807) is 24.4 Å². The topological polar surface area (TPSA) is 87.5 Å². The molecule has 4 aromatic rings. The Morgan fingerprint density at radius 3 is 2.62 bits per heavy atom. The summed E-state index contributed by atoms with van der Waals surface area (Å²) in [6.07, 6.45) is 6.38. The first kappa shape index (κ1) is 26.0. The van der Waals surface area contributed by atoms with Gasteiger partial charge in [-0.3, -0.25) is 4.79 Å². The van der Waals surface area contributed by atoms with Crippen LogP contribution in [0.3, 0.4) is 0 Å². The van der Waals surface area contributed by atoms with Crippen molar-refractivity contribution in [1.82, 2.24) is 19.8 Å². The number of nitrogens with zero attached hydrogens (tertiary/aromatic N) is 3. The van der Waals surface area contributed by atoms with Crippen LogP contribution >= 0.6 is 23.2 Å². The first-order valence-corrected chi connectivity index (χ1v) is 14.2. The third-order valence-corrected chi connectivity index (χ3v) is 8.51. The van der Waals surface area contributed by atoms with Gasteiger partial charge >= 0.3 is 0 Å². The van der Waals surface area contributed by atoms with Gasteiger partial charge in [-0.15, -0.1) is 0 Å². The number of nitrogens with one attached hydrogen (secondary N) is 1. The van der Waals surface area contributed by atoms with Crippen molar-refractivity contribution in [2.24, 2.45) is 0 Å². The summed E-state index contributed by atoms with van der Waals surface area (Å²) in [6.45, 7) is 4.26. The summed E-state index contributed by atoms with van der Waals surface area (Å²) in [5, 5.41) is 2.03. The number of hydrogen-bond donors (Lipinski definition) is 2. The molecule has 9 heteroatoms. The van der Waals surface area contributed by atoms with E-state index < -0.39 is 0 Å². The molecule has 2 fully saturated rings. The van der Waals surface area contributed by atoms with Crippen molar-refractivity contribution in [2.45, 2.75) is 38.3 Å². The first-order valence-electron chi connectivity index (χ1n) is 13.4. The predicted octanol–water partition coefficient (Wildman–Crippen LogP) is 6.40. The van der Waals surface area contributed by atoms with Crippen LogP contribution in [0.5, 0.6) is 5.75 Å². The number of likely N-dealkylation sites (tertiary alicyclic amines) is 2. The van der Waals surface area contributed by atoms with Crippen molar-refractivity contribution in [3.63, 3.8) is 0 Å². The molecule has 0 spiro atoms. The fourth-order valence-corrected chi connectivity index (χ4v) is 6.19. The van der Waals surface area contributed by atoms with E-state index >= 15 is 0 Å². The fourth-order valence-electron chi connectivity index (χ4n) is 5.69. The number of carbonyl (C=O) groups is 1. The van der Waals surface area contributed by atoms with Crippen LogP contribution in [0.1, 0.15) is 41.7 Å². The zero-order valence-corrected chi connectivity index (χ0v) is 23.1. The summed E-state index contributed by atoms with van der Waals surface area (Å²) >= 11 is 12.6. The molecule has 0 aliphatic carbocycles. The Morgan fingerprint density at radius 1 is 1.03 bits per heavy atom. The second-order valence-corrected chi connectivity index (χ2v) is 11.2. The summed E-state index contributed by atoms with van der Waals surface area (Å²) in [7, 11) is 0. The zero-order valence-electron chi connectivity index (χ0n) is 21.6. The van der Waals surface area contributed by atoms with Gasteiger partial charge in [0.2, 0.25) is 0 Å². The average Bonchev–Trinajstić information content (AvgIpc) is 3.70. The highest BCUT2D eigenvalue weighted by atomic mass is 35.5. The molecular formula is C30H31Cl2N5O2. The normalized spacial score (nSPS) is 17.8. The van der Waals surface area contributed by atoms with Crippen molar-refractivity contribution >= 4 is 45.8 Å². The predicted molar refractivity (Wildman–Crippen MR) is 156 cm³/mol. The number of amides is 1. The van der Waals surface area contributed by atoms with Crippen LogP contribution in [-0.4, -0.2) is 57.9 Å². The number of hydrogen-bond acceptors (Lipinski definition) is 5. The van der Waals surface area contributed by atoms with E-state index in [-0.39, 0.29) is 24.4 Å². The molecule has 0 bridgehead atoms. The molecule has 0 saturated carbocycles. The lowest BCUT2D eigenvalue weighted by atomic mass is 10.1. The van der Waals surface area contributed by atoms with Crippen LogP contribution in [0, 0.1) is 0 Å². The molecule has 2 aliphatic heterocycles. The van der Waals surface area contributed by atoms with E-state index in [0.29, 0.717) is 27.1 Å². The second kappa shape index (κ2) is 11.1. The lowest BCUT2D eigenvalue weighted by molar-refractivity contribution is 0.0704. The second-order valence-electron chi connectivity index (χ2n) is 10.4. The van der Waals surface area contributed by atoms with E-state index in [9.17, 15) is 4.79 Å². The molecule has 3 N–H and O–H groups in total. The molecule has 2 saturated heterocycles. The van der Waals surface area contributed by atoms with Crippen LogP contribution in [0.2, 0.25) is 10.0 Å². The Bertz CT molecular complexity index is 1490. The number of nitrogens with two attached hydrogens (primary N) is 1. The van der Waals surface area contributed by atoms with E-state index in [1.807, 2.05) is 24.3 Å². The largest absolute Gasteiger partial charge is 0.485 e. The molecule has 1 unspecified atom stereocenters. The van der Waals surface area contributed by atoms with E-state index in [4.69, 9.17) is 33.7 Å². The highest BCUT2D eigenvalue weighted by molar-refractivity contribution is 6.35. The molecule has 1 amide bonds. The van der Waals surface area contributed by atoms with Crippen molar-refractivity contribution in [3.05, 3.63) is 76.0 Å². The Kier molecular flexibility index (Phi) is 7.38. The van der Waals surface area contributed by atoms with Gasteiger partial charge in [-0.1, -0.05) is 35.3 Å². The van der Waals surface area contributed by atoms with Crippen LogP contribution in [0.25, 0.3) is 22.0 Å². The molecule has 2 aromatic carbocycles. The number of carbonyl (C=O) groups excluding carboxylic acids is 1. The van der Waals surface area contributed by atoms with Crippen LogP contribution < -0.4 is 10.5 Å². The van der Waals surface area contributed by atoms with Gasteiger partial charge in [0, 0.05) is 57.4 Å². The molecule has 7 nitrogen and oxygen atoms in total. The molecule has 6 rings (SSSR count). The van der Waals surface area contributed by atoms with Gasteiger partial charge in [-0.05, 0) is 80.7 Å². The van der Waals surface area contributed by atoms with Crippen molar-refractivity contribution in [1.29, 1.82) is 0 Å². The number of aromatic nitrogens is 2. The number of rotatable bonds is 7. The van der Waals surface area contributed by atoms with Gasteiger partial charge in [0.25, 0.3) is 5.91 Å². The summed E-state index contributed by atoms with van der Waals surface area (Å²) in [6, 6.07) is 15.5. The van der Waals surface area contributed by atoms with Gasteiger partial charge in [-0.25, -0.2) is 4.98 Å². The molecule has 4 heterocycles. The minimum absolute atomic E-state index is 0.0810. The zero-order chi connectivity index (χ0) is 26.9. The Labute approximate surface area is 237 Å². The molecule has 2 aliphatic rings. The number of benzene rings is 2.